The van der Waals surface area contributed by atoms with Crippen LogP contribution in [0.25, 0.3) is 10.9 Å². The molecule has 2 rings (SSSR count). The molecule has 1 aromatic heterocycles. The molecule has 0 spiro atoms. The first-order valence-electron chi connectivity index (χ1n) is 5.28. The maximum Gasteiger partial charge on any atom is 0.144 e. The van der Waals surface area contributed by atoms with Crippen LogP contribution in [0.15, 0.2) is 22.7 Å². The van der Waals surface area contributed by atoms with Crippen LogP contribution < -0.4 is 5.73 Å². The zero-order valence-corrected chi connectivity index (χ0v) is 9.16. The van der Waals surface area contributed by atoms with E-state index in [4.69, 9.17) is 10.3 Å². The van der Waals surface area contributed by atoms with E-state index in [9.17, 15) is 0 Å². The summed E-state index contributed by atoms with van der Waals surface area (Å²) in [6.07, 6.45) is 0.929. The Balaban J connectivity index is 2.43. The van der Waals surface area contributed by atoms with E-state index in [1.54, 1.807) is 0 Å². The van der Waals surface area contributed by atoms with Crippen molar-refractivity contribution in [2.24, 2.45) is 11.7 Å². The average molecular weight is 204 g/mol. The van der Waals surface area contributed by atoms with Gasteiger partial charge < -0.3 is 10.3 Å². The van der Waals surface area contributed by atoms with Crippen molar-refractivity contribution in [3.05, 3.63) is 29.5 Å². The summed E-state index contributed by atoms with van der Waals surface area (Å²) in [5, 5.41) is 5.16. The van der Waals surface area contributed by atoms with Gasteiger partial charge in [-0.05, 0) is 23.6 Å². The number of aromatic nitrogens is 1. The van der Waals surface area contributed by atoms with Gasteiger partial charge in [0.05, 0.1) is 0 Å². The predicted molar refractivity (Wildman–Crippen MR) is 60.4 cm³/mol. The minimum atomic E-state index is 0.544. The molecule has 0 amide bonds. The molecule has 1 heterocycles. The van der Waals surface area contributed by atoms with Crippen LogP contribution in [-0.2, 0) is 13.0 Å². The molecule has 0 aliphatic carbocycles. The van der Waals surface area contributed by atoms with Gasteiger partial charge in [-0.2, -0.15) is 0 Å². The summed E-state index contributed by atoms with van der Waals surface area (Å²) < 4.78 is 5.33. The topological polar surface area (TPSA) is 52.0 Å². The van der Waals surface area contributed by atoms with Crippen molar-refractivity contribution >= 4 is 10.9 Å². The SMILES string of the molecule is CC(C)Cc1onc2cc(CN)ccc12. The largest absolute Gasteiger partial charge is 0.360 e. The molecule has 3 nitrogen and oxygen atoms in total. The summed E-state index contributed by atoms with van der Waals surface area (Å²) in [5.41, 5.74) is 7.57. The molecule has 2 aromatic rings. The second-order valence-corrected chi connectivity index (χ2v) is 4.26. The second-order valence-electron chi connectivity index (χ2n) is 4.26. The molecule has 80 valence electrons. The zero-order valence-electron chi connectivity index (χ0n) is 9.16. The van der Waals surface area contributed by atoms with Crippen LogP contribution in [0.2, 0.25) is 0 Å². The van der Waals surface area contributed by atoms with Crippen molar-refractivity contribution in [2.75, 3.05) is 0 Å². The van der Waals surface area contributed by atoms with Crippen molar-refractivity contribution in [2.45, 2.75) is 26.8 Å². The molecule has 3 heteroatoms. The van der Waals surface area contributed by atoms with E-state index in [-0.39, 0.29) is 0 Å². The van der Waals surface area contributed by atoms with Crippen LogP contribution in [0.4, 0.5) is 0 Å². The van der Waals surface area contributed by atoms with Gasteiger partial charge in [0.15, 0.2) is 0 Å². The first kappa shape index (κ1) is 10.2. The zero-order chi connectivity index (χ0) is 10.8. The molecule has 0 unspecified atom stereocenters. The lowest BCUT2D eigenvalue weighted by atomic mass is 10.0. The highest BCUT2D eigenvalue weighted by Crippen LogP contribution is 2.21. The van der Waals surface area contributed by atoms with Crippen LogP contribution in [0.5, 0.6) is 0 Å². The average Bonchev–Trinajstić information content (AvgIpc) is 2.60. The predicted octanol–water partition coefficient (Wildman–Crippen LogP) is 2.49. The van der Waals surface area contributed by atoms with E-state index < -0.39 is 0 Å². The Morgan fingerprint density at radius 1 is 1.40 bits per heavy atom. The molecule has 2 N–H and O–H groups in total. The van der Waals surface area contributed by atoms with Crippen LogP contribution >= 0.6 is 0 Å². The molecular formula is C12H16N2O. The molecule has 0 radical (unpaired) electrons. The lowest BCUT2D eigenvalue weighted by Gasteiger charge is -2.00. The van der Waals surface area contributed by atoms with Crippen molar-refractivity contribution in [1.82, 2.24) is 5.16 Å². The molecule has 1 aromatic carbocycles. The molecule has 0 saturated heterocycles. The number of hydrogen-bond acceptors (Lipinski definition) is 3. The maximum absolute atomic E-state index is 5.57. The van der Waals surface area contributed by atoms with Crippen LogP contribution in [-0.4, -0.2) is 5.16 Å². The van der Waals surface area contributed by atoms with E-state index in [0.29, 0.717) is 12.5 Å². The molecule has 0 bridgehead atoms. The number of hydrogen-bond donors (Lipinski definition) is 1. The van der Waals surface area contributed by atoms with Gasteiger partial charge in [0.1, 0.15) is 11.3 Å². The second kappa shape index (κ2) is 4.03. The lowest BCUT2D eigenvalue weighted by Crippen LogP contribution is -1.95. The van der Waals surface area contributed by atoms with Crippen LogP contribution in [0.1, 0.15) is 25.2 Å². The van der Waals surface area contributed by atoms with Crippen molar-refractivity contribution in [1.29, 1.82) is 0 Å². The summed E-state index contributed by atoms with van der Waals surface area (Å²) in [4.78, 5) is 0. The molecule has 0 fully saturated rings. The van der Waals surface area contributed by atoms with Gasteiger partial charge in [-0.1, -0.05) is 25.1 Å². The van der Waals surface area contributed by atoms with Crippen molar-refractivity contribution in [3.8, 4) is 0 Å². The van der Waals surface area contributed by atoms with Gasteiger partial charge in [0, 0.05) is 18.4 Å². The standard InChI is InChI=1S/C12H16N2O/c1-8(2)5-12-10-4-3-9(7-13)6-11(10)14-15-12/h3-4,6,8H,5,7,13H2,1-2H3. The minimum absolute atomic E-state index is 0.544. The highest BCUT2D eigenvalue weighted by Gasteiger charge is 2.09. The molecule has 0 aliphatic heterocycles. The fourth-order valence-electron chi connectivity index (χ4n) is 1.69. The third kappa shape index (κ3) is 2.02. The van der Waals surface area contributed by atoms with E-state index in [1.807, 2.05) is 18.2 Å². The van der Waals surface area contributed by atoms with Gasteiger partial charge in [-0.3, -0.25) is 0 Å². The first-order chi connectivity index (χ1) is 7.20. The maximum atomic E-state index is 5.57. The molecule has 0 saturated carbocycles. The Kier molecular flexibility index (Phi) is 2.73. The van der Waals surface area contributed by atoms with Gasteiger partial charge in [0.2, 0.25) is 0 Å². The van der Waals surface area contributed by atoms with Gasteiger partial charge in [0.25, 0.3) is 0 Å². The lowest BCUT2D eigenvalue weighted by molar-refractivity contribution is 0.376. The van der Waals surface area contributed by atoms with Gasteiger partial charge >= 0.3 is 0 Å². The van der Waals surface area contributed by atoms with E-state index in [0.717, 1.165) is 28.6 Å². The monoisotopic (exact) mass is 204 g/mol. The van der Waals surface area contributed by atoms with E-state index in [1.165, 1.54) is 0 Å². The third-order valence-electron chi connectivity index (χ3n) is 2.45. The number of benzene rings is 1. The Morgan fingerprint density at radius 2 is 2.20 bits per heavy atom. The van der Waals surface area contributed by atoms with E-state index >= 15 is 0 Å². The molecular weight excluding hydrogens is 188 g/mol. The third-order valence-corrected chi connectivity index (χ3v) is 2.45. The summed E-state index contributed by atoms with van der Waals surface area (Å²) in [7, 11) is 0. The number of rotatable bonds is 3. The fraction of sp³-hybridized carbons (Fsp3) is 0.417. The van der Waals surface area contributed by atoms with Gasteiger partial charge in [-0.25, -0.2) is 0 Å². The highest BCUT2D eigenvalue weighted by molar-refractivity contribution is 5.81. The van der Waals surface area contributed by atoms with Crippen LogP contribution in [0, 0.1) is 5.92 Å². The number of nitrogens with zero attached hydrogens (tertiary/aromatic N) is 1. The molecule has 0 aliphatic rings. The number of nitrogens with two attached hydrogens (primary N) is 1. The normalized spacial score (nSPS) is 11.5. The highest BCUT2D eigenvalue weighted by atomic mass is 16.5. The summed E-state index contributed by atoms with van der Waals surface area (Å²) in [6.45, 7) is 4.88. The Bertz CT molecular complexity index is 460. The van der Waals surface area contributed by atoms with Gasteiger partial charge in [-0.15, -0.1) is 0 Å². The molecule has 0 atom stereocenters. The number of fused-ring (bicyclic) bond motifs is 1. The van der Waals surface area contributed by atoms with Crippen molar-refractivity contribution < 1.29 is 4.52 Å². The van der Waals surface area contributed by atoms with Crippen LogP contribution in [0.3, 0.4) is 0 Å². The Morgan fingerprint density at radius 3 is 2.87 bits per heavy atom. The van der Waals surface area contributed by atoms with E-state index in [2.05, 4.69) is 19.0 Å². The minimum Gasteiger partial charge on any atom is -0.360 e. The first-order valence-corrected chi connectivity index (χ1v) is 5.28. The quantitative estimate of drug-likeness (QED) is 0.835. The fourth-order valence-corrected chi connectivity index (χ4v) is 1.69. The smallest absolute Gasteiger partial charge is 0.144 e. The molecule has 15 heavy (non-hydrogen) atoms. The summed E-state index contributed by atoms with van der Waals surface area (Å²) >= 11 is 0. The Hall–Kier alpha value is -1.35. The van der Waals surface area contributed by atoms with Crippen molar-refractivity contribution in [3.63, 3.8) is 0 Å². The summed E-state index contributed by atoms with van der Waals surface area (Å²) in [6, 6.07) is 6.07. The Labute approximate surface area is 89.2 Å². The summed E-state index contributed by atoms with van der Waals surface area (Å²) in [5.74, 6) is 1.55.